The van der Waals surface area contributed by atoms with Gasteiger partial charge in [0.1, 0.15) is 5.82 Å². The van der Waals surface area contributed by atoms with E-state index >= 15 is 0 Å². The first-order valence-electron chi connectivity index (χ1n) is 8.17. The quantitative estimate of drug-likeness (QED) is 0.479. The molecule has 0 fully saturated rings. The minimum atomic E-state index is -0.901. The van der Waals surface area contributed by atoms with E-state index in [1.807, 2.05) is 6.08 Å². The molecule has 1 aliphatic rings. The van der Waals surface area contributed by atoms with Gasteiger partial charge in [0.15, 0.2) is 0 Å². The predicted molar refractivity (Wildman–Crippen MR) is 98.7 cm³/mol. The second-order valence-corrected chi connectivity index (χ2v) is 6.01. The van der Waals surface area contributed by atoms with Crippen molar-refractivity contribution in [2.45, 2.75) is 0 Å². The van der Waals surface area contributed by atoms with Crippen molar-refractivity contribution in [2.24, 2.45) is 0 Å². The van der Waals surface area contributed by atoms with Gasteiger partial charge in [-0.25, -0.2) is 4.39 Å². The maximum Gasteiger partial charge on any atom is 0.305 e. The Balaban J connectivity index is 1.79. The lowest BCUT2D eigenvalue weighted by Crippen LogP contribution is -2.21. The van der Waals surface area contributed by atoms with Crippen molar-refractivity contribution in [3.63, 3.8) is 0 Å². The Morgan fingerprint density at radius 2 is 1.89 bits per heavy atom. The van der Waals surface area contributed by atoms with Crippen LogP contribution in [0.5, 0.6) is 0 Å². The number of anilines is 2. The maximum atomic E-state index is 14.2. The van der Waals surface area contributed by atoms with Crippen LogP contribution < -0.4 is 4.90 Å². The first kappa shape index (κ1) is 16.8. The van der Waals surface area contributed by atoms with Crippen LogP contribution in [0, 0.1) is 21.7 Å². The van der Waals surface area contributed by atoms with Gasteiger partial charge in [0.25, 0.3) is 0 Å². The highest BCUT2D eigenvalue weighted by Gasteiger charge is 2.23. The smallest absolute Gasteiger partial charge is 0.305 e. The molecule has 0 unspecified atom stereocenters. The number of halogens is 2. The van der Waals surface area contributed by atoms with Crippen molar-refractivity contribution in [1.29, 1.82) is 0 Å². The van der Waals surface area contributed by atoms with E-state index < -0.39 is 16.4 Å². The highest BCUT2D eigenvalue weighted by Crippen LogP contribution is 2.37. The lowest BCUT2D eigenvalue weighted by Gasteiger charge is -2.28. The average molecular weight is 365 g/mol. The Kier molecular flexibility index (Phi) is 4.12. The molecular weight excluding hydrogens is 352 g/mol. The summed E-state index contributed by atoms with van der Waals surface area (Å²) >= 11 is 0. The van der Waals surface area contributed by atoms with Crippen molar-refractivity contribution >= 4 is 23.1 Å². The lowest BCUT2D eigenvalue weighted by molar-refractivity contribution is -0.387. The number of hydrogen-bond donors (Lipinski definition) is 0. The Morgan fingerprint density at radius 1 is 1.07 bits per heavy atom. The van der Waals surface area contributed by atoms with Crippen LogP contribution in [0.15, 0.2) is 60.8 Å². The Bertz CT molecular complexity index is 1080. The van der Waals surface area contributed by atoms with Crippen LogP contribution in [-0.2, 0) is 0 Å². The number of hydrogen-bond acceptors (Lipinski definition) is 4. The fraction of sp³-hybridized carbons (Fsp3) is 0.0500. The molecule has 0 saturated heterocycles. The van der Waals surface area contributed by atoms with Crippen LogP contribution in [0.1, 0.15) is 5.56 Å². The van der Waals surface area contributed by atoms with Gasteiger partial charge in [-0.2, -0.15) is 4.39 Å². The number of fused-ring (bicyclic) bond motifs is 1. The van der Waals surface area contributed by atoms with E-state index in [4.69, 9.17) is 0 Å². The van der Waals surface area contributed by atoms with Gasteiger partial charge in [-0.3, -0.25) is 15.1 Å². The van der Waals surface area contributed by atoms with Crippen LogP contribution in [0.4, 0.5) is 25.8 Å². The van der Waals surface area contributed by atoms with Gasteiger partial charge in [-0.05, 0) is 24.3 Å². The van der Waals surface area contributed by atoms with Crippen molar-refractivity contribution in [3.8, 4) is 11.3 Å². The highest BCUT2D eigenvalue weighted by atomic mass is 19.1. The fourth-order valence-corrected chi connectivity index (χ4v) is 3.11. The van der Waals surface area contributed by atoms with Crippen LogP contribution in [-0.4, -0.2) is 16.5 Å². The zero-order chi connectivity index (χ0) is 19.0. The summed E-state index contributed by atoms with van der Waals surface area (Å²) in [5.74, 6) is -1.29. The third-order valence-corrected chi connectivity index (χ3v) is 4.37. The summed E-state index contributed by atoms with van der Waals surface area (Å²) in [5, 5.41) is 11.0. The molecule has 0 atom stereocenters. The normalized spacial score (nSPS) is 12.7. The lowest BCUT2D eigenvalue weighted by atomic mass is 10.0. The van der Waals surface area contributed by atoms with Gasteiger partial charge >= 0.3 is 5.69 Å². The molecular formula is C20H13F2N3O2. The van der Waals surface area contributed by atoms with Crippen molar-refractivity contribution in [1.82, 2.24) is 4.98 Å². The summed E-state index contributed by atoms with van der Waals surface area (Å²) in [5.41, 5.74) is 1.97. The largest absolute Gasteiger partial charge is 0.337 e. The number of nitro groups is 1. The molecule has 0 saturated carbocycles. The van der Waals surface area contributed by atoms with Crippen LogP contribution >= 0.6 is 0 Å². The Morgan fingerprint density at radius 3 is 2.67 bits per heavy atom. The topological polar surface area (TPSA) is 59.3 Å². The summed E-state index contributed by atoms with van der Waals surface area (Å²) in [6, 6.07) is 12.1. The van der Waals surface area contributed by atoms with Crippen molar-refractivity contribution in [3.05, 3.63) is 88.1 Å². The molecule has 2 aromatic carbocycles. The number of aromatic nitrogens is 1. The van der Waals surface area contributed by atoms with E-state index in [2.05, 4.69) is 4.98 Å². The van der Waals surface area contributed by atoms with Gasteiger partial charge in [0, 0.05) is 41.7 Å². The minimum absolute atomic E-state index is 0.363. The average Bonchev–Trinajstić information content (AvgIpc) is 2.67. The number of pyridine rings is 1. The Hall–Kier alpha value is -3.61. The fourth-order valence-electron chi connectivity index (χ4n) is 3.11. The number of nitrogens with zero attached hydrogens (tertiary/aromatic N) is 3. The number of nitro benzene ring substituents is 1. The predicted octanol–water partition coefficient (Wildman–Crippen LogP) is 5.10. The summed E-state index contributed by atoms with van der Waals surface area (Å²) in [6.45, 7) is 0.449. The third kappa shape index (κ3) is 3.03. The van der Waals surface area contributed by atoms with Crippen LogP contribution in [0.2, 0.25) is 0 Å². The van der Waals surface area contributed by atoms with E-state index in [0.717, 1.165) is 6.07 Å². The van der Waals surface area contributed by atoms with E-state index in [0.29, 0.717) is 34.7 Å². The molecule has 5 nitrogen and oxygen atoms in total. The highest BCUT2D eigenvalue weighted by molar-refractivity contribution is 5.80. The molecule has 3 aromatic rings. The first-order valence-corrected chi connectivity index (χ1v) is 8.17. The van der Waals surface area contributed by atoms with Gasteiger partial charge in [-0.1, -0.05) is 24.3 Å². The minimum Gasteiger partial charge on any atom is -0.337 e. The molecule has 1 aromatic heterocycles. The SMILES string of the molecule is O=[N+]([O-])c1cc2c(cc1F)N(c1ccnc(-c3ccccc3F)c1)CC=C2. The van der Waals surface area contributed by atoms with Gasteiger partial charge in [0.05, 0.1) is 16.3 Å². The van der Waals surface area contributed by atoms with E-state index in [-0.39, 0.29) is 5.82 Å². The van der Waals surface area contributed by atoms with E-state index in [1.54, 1.807) is 47.5 Å². The maximum absolute atomic E-state index is 14.2. The molecule has 4 rings (SSSR count). The standard InChI is InChI=1S/C20H13F2N3O2/c21-16-6-2-1-5-15(16)18-11-14(7-8-23-18)24-9-3-4-13-10-20(25(26)27)17(22)12-19(13)24/h1-8,10-12H,9H2. The van der Waals surface area contributed by atoms with Crippen molar-refractivity contribution in [2.75, 3.05) is 11.4 Å². The van der Waals surface area contributed by atoms with Crippen LogP contribution in [0.25, 0.3) is 17.3 Å². The summed E-state index contributed by atoms with van der Waals surface area (Å²) in [4.78, 5) is 16.3. The zero-order valence-electron chi connectivity index (χ0n) is 14.0. The molecule has 0 spiro atoms. The van der Waals surface area contributed by atoms with Gasteiger partial charge in [-0.15, -0.1) is 0 Å². The third-order valence-electron chi connectivity index (χ3n) is 4.37. The molecule has 7 heteroatoms. The summed E-state index contributed by atoms with van der Waals surface area (Å²) in [6.07, 6.45) is 5.10. The number of benzene rings is 2. The molecule has 0 aliphatic carbocycles. The van der Waals surface area contributed by atoms with Crippen molar-refractivity contribution < 1.29 is 13.7 Å². The Labute approximate surface area is 153 Å². The second-order valence-electron chi connectivity index (χ2n) is 6.01. The van der Waals surface area contributed by atoms with E-state index in [1.165, 1.54) is 12.1 Å². The molecule has 134 valence electrons. The molecule has 27 heavy (non-hydrogen) atoms. The molecule has 0 amide bonds. The first-order chi connectivity index (χ1) is 13.0. The molecule has 2 heterocycles. The monoisotopic (exact) mass is 365 g/mol. The van der Waals surface area contributed by atoms with Gasteiger partial charge < -0.3 is 4.90 Å². The summed E-state index contributed by atoms with van der Waals surface area (Å²) < 4.78 is 28.2. The second kappa shape index (κ2) is 6.60. The molecule has 0 bridgehead atoms. The molecule has 0 N–H and O–H groups in total. The molecule has 1 aliphatic heterocycles. The van der Waals surface area contributed by atoms with Crippen LogP contribution in [0.3, 0.4) is 0 Å². The zero-order valence-corrected chi connectivity index (χ0v) is 14.0. The summed E-state index contributed by atoms with van der Waals surface area (Å²) in [7, 11) is 0. The van der Waals surface area contributed by atoms with E-state index in [9.17, 15) is 18.9 Å². The van der Waals surface area contributed by atoms with Gasteiger partial charge in [0.2, 0.25) is 5.82 Å². The molecule has 0 radical (unpaired) electrons. The number of rotatable bonds is 3.